The Morgan fingerprint density at radius 3 is 1.66 bits per heavy atom. The van der Waals surface area contributed by atoms with E-state index in [4.69, 9.17) is 40.5 Å². The maximum Gasteiger partial charge on any atom is 0.167 e. The minimum Gasteiger partial charge on any atom is -0.396 e. The van der Waals surface area contributed by atoms with Gasteiger partial charge in [0.1, 0.15) is 22.6 Å². The number of anilines is 3. The summed E-state index contributed by atoms with van der Waals surface area (Å²) in [5.74, 6) is -1.44. The van der Waals surface area contributed by atoms with E-state index in [0.717, 1.165) is 12.4 Å². The molecule has 2 aromatic carbocycles. The molecule has 6 heterocycles. The van der Waals surface area contributed by atoms with Crippen LogP contribution in [0.4, 0.5) is 34.8 Å². The summed E-state index contributed by atoms with van der Waals surface area (Å²) in [5.41, 5.74) is 6.51. The number of nitrogens with one attached hydrogen (secondary N) is 1. The first kappa shape index (κ1) is 36.7. The Morgan fingerprint density at radius 1 is 0.547 bits per heavy atom. The normalized spacial score (nSPS) is 10.6. The molecule has 17 heteroatoms. The van der Waals surface area contributed by atoms with Crippen LogP contribution in [0.15, 0.2) is 110 Å². The summed E-state index contributed by atoms with van der Waals surface area (Å²) < 4.78 is 54.1. The van der Waals surface area contributed by atoms with Gasteiger partial charge in [-0.15, -0.1) is 0 Å². The van der Waals surface area contributed by atoms with Crippen LogP contribution < -0.4 is 11.1 Å². The molecule has 0 aliphatic carbocycles. The molecule has 0 bridgehead atoms. The number of nitrogens with two attached hydrogens (primary N) is 1. The molecule has 0 atom stereocenters. The van der Waals surface area contributed by atoms with Crippen LogP contribution in [0, 0.1) is 23.3 Å². The topological polar surface area (TPSA) is 141 Å². The number of halogens is 7. The molecule has 0 unspecified atom stereocenters. The molecule has 264 valence electrons. The number of nitrogens with zero attached hydrogens (tertiary/aromatic N) is 8. The van der Waals surface area contributed by atoms with E-state index in [2.05, 4.69) is 45.2 Å². The van der Waals surface area contributed by atoms with E-state index in [9.17, 15) is 17.6 Å². The van der Waals surface area contributed by atoms with Crippen molar-refractivity contribution in [3.05, 3.63) is 148 Å². The lowest BCUT2D eigenvalue weighted by Gasteiger charge is -2.11. The lowest BCUT2D eigenvalue weighted by Crippen LogP contribution is -2.02. The van der Waals surface area contributed by atoms with Crippen LogP contribution in [-0.2, 0) is 0 Å². The van der Waals surface area contributed by atoms with Gasteiger partial charge in [0, 0.05) is 34.8 Å². The van der Waals surface area contributed by atoms with Gasteiger partial charge in [0.2, 0.25) is 0 Å². The Bertz CT molecular complexity index is 2560. The van der Waals surface area contributed by atoms with E-state index < -0.39 is 23.3 Å². The predicted molar refractivity (Wildman–Crippen MR) is 197 cm³/mol. The predicted octanol–water partition coefficient (Wildman–Crippen LogP) is 9.70. The molecule has 53 heavy (non-hydrogen) atoms. The minimum atomic E-state index is -0.543. The monoisotopic (exact) mass is 774 g/mol. The summed E-state index contributed by atoms with van der Waals surface area (Å²) in [4.78, 5) is 32.4. The Morgan fingerprint density at radius 2 is 1.09 bits per heavy atom. The standard InChI is InChI=1S/C18H10ClF2N5.C13H6Cl2FN3.C5H5FN2/c19-10-3-4-13(20)12(8-10)18-25-16-11(2-1-6-23-16)17(26-18)24-15-5-7-22-9-14(15)21;14-7-3-4-10(16)9(6-7)13-18-11(15)8-2-1-5-17-12(8)19-13;6-4-3-8-2-1-5(4)7/h1-9H,(H,22,23,24,25,26);1-6H;1-3H,(H2,7,8). The second-order valence-corrected chi connectivity index (χ2v) is 11.8. The summed E-state index contributed by atoms with van der Waals surface area (Å²) in [5, 5.41) is 5.06. The zero-order valence-corrected chi connectivity index (χ0v) is 29.0. The third-order valence-corrected chi connectivity index (χ3v) is 7.82. The average Bonchev–Trinajstić information content (AvgIpc) is 3.16. The summed E-state index contributed by atoms with van der Waals surface area (Å²) in [7, 11) is 0. The van der Waals surface area contributed by atoms with Crippen molar-refractivity contribution in [2.75, 3.05) is 11.1 Å². The Labute approximate surface area is 312 Å². The van der Waals surface area contributed by atoms with Crippen LogP contribution in [-0.4, -0.2) is 39.9 Å². The molecule has 0 radical (unpaired) electrons. The summed E-state index contributed by atoms with van der Waals surface area (Å²) >= 11 is 17.9. The second kappa shape index (κ2) is 16.5. The SMILES string of the molecule is Fc1ccc(Cl)cc1-c1nc(Cl)c2cccnc2n1.Fc1cnccc1Nc1nc(-c2cc(Cl)ccc2F)nc2ncccc12.Nc1ccncc1F. The van der Waals surface area contributed by atoms with Crippen molar-refractivity contribution in [3.8, 4) is 22.8 Å². The lowest BCUT2D eigenvalue weighted by atomic mass is 10.2. The highest BCUT2D eigenvalue weighted by molar-refractivity contribution is 6.34. The number of nitrogen functional groups attached to an aromatic ring is 1. The molecular formula is C36H21Cl3F4N10. The zero-order chi connectivity index (χ0) is 37.5. The molecule has 0 amide bonds. The fourth-order valence-corrected chi connectivity index (χ4v) is 5.12. The lowest BCUT2D eigenvalue weighted by molar-refractivity contribution is 0.625. The van der Waals surface area contributed by atoms with Crippen molar-refractivity contribution in [1.29, 1.82) is 0 Å². The fraction of sp³-hybridized carbons (Fsp3) is 0. The van der Waals surface area contributed by atoms with E-state index in [1.807, 2.05) is 0 Å². The Kier molecular flexibility index (Phi) is 11.4. The largest absolute Gasteiger partial charge is 0.396 e. The molecule has 0 aliphatic rings. The molecule has 0 fully saturated rings. The van der Waals surface area contributed by atoms with Crippen molar-refractivity contribution in [2.24, 2.45) is 0 Å². The molecule has 0 saturated carbocycles. The van der Waals surface area contributed by atoms with Crippen LogP contribution in [0.3, 0.4) is 0 Å². The van der Waals surface area contributed by atoms with Crippen molar-refractivity contribution in [1.82, 2.24) is 39.9 Å². The molecular weight excluding hydrogens is 755 g/mol. The molecule has 0 aliphatic heterocycles. The number of pyridine rings is 4. The number of fused-ring (bicyclic) bond motifs is 2. The molecule has 10 nitrogen and oxygen atoms in total. The Hall–Kier alpha value is -6.09. The molecule has 3 N–H and O–H groups in total. The highest BCUT2D eigenvalue weighted by Crippen LogP contribution is 2.30. The number of hydrogen-bond acceptors (Lipinski definition) is 10. The van der Waals surface area contributed by atoms with Gasteiger partial charge in [-0.25, -0.2) is 47.5 Å². The highest BCUT2D eigenvalue weighted by Gasteiger charge is 2.16. The van der Waals surface area contributed by atoms with E-state index in [1.165, 1.54) is 60.9 Å². The number of aromatic nitrogens is 8. The number of hydrogen-bond donors (Lipinski definition) is 2. The van der Waals surface area contributed by atoms with Gasteiger partial charge >= 0.3 is 0 Å². The zero-order valence-electron chi connectivity index (χ0n) is 26.7. The molecule has 0 saturated heterocycles. The van der Waals surface area contributed by atoms with Gasteiger partial charge in [-0.05, 0) is 72.8 Å². The minimum absolute atomic E-state index is 0.0909. The van der Waals surface area contributed by atoms with Gasteiger partial charge in [0.05, 0.1) is 45.7 Å². The van der Waals surface area contributed by atoms with Crippen molar-refractivity contribution >= 4 is 74.1 Å². The van der Waals surface area contributed by atoms with E-state index >= 15 is 0 Å². The molecule has 6 aromatic heterocycles. The highest BCUT2D eigenvalue weighted by atomic mass is 35.5. The van der Waals surface area contributed by atoms with Crippen molar-refractivity contribution < 1.29 is 17.6 Å². The van der Waals surface area contributed by atoms with Crippen LogP contribution in [0.25, 0.3) is 44.8 Å². The van der Waals surface area contributed by atoms with Crippen LogP contribution >= 0.6 is 34.8 Å². The molecule has 0 spiro atoms. The van der Waals surface area contributed by atoms with E-state index in [1.54, 1.807) is 36.7 Å². The van der Waals surface area contributed by atoms with Crippen molar-refractivity contribution in [2.45, 2.75) is 0 Å². The first-order valence-corrected chi connectivity index (χ1v) is 16.2. The van der Waals surface area contributed by atoms with Gasteiger partial charge in [-0.1, -0.05) is 34.8 Å². The van der Waals surface area contributed by atoms with E-state index in [-0.39, 0.29) is 39.3 Å². The summed E-state index contributed by atoms with van der Waals surface area (Å²) in [6.07, 6.45) is 8.20. The smallest absolute Gasteiger partial charge is 0.167 e. The quantitative estimate of drug-likeness (QED) is 0.131. The first-order chi connectivity index (χ1) is 25.6. The van der Waals surface area contributed by atoms with Crippen molar-refractivity contribution in [3.63, 3.8) is 0 Å². The molecule has 8 aromatic rings. The van der Waals surface area contributed by atoms with Gasteiger partial charge in [-0.2, -0.15) is 0 Å². The van der Waals surface area contributed by atoms with Crippen LogP contribution in [0.5, 0.6) is 0 Å². The maximum absolute atomic E-state index is 14.2. The average molecular weight is 776 g/mol. The maximum atomic E-state index is 14.2. The number of benzene rings is 2. The molecule has 8 rings (SSSR count). The van der Waals surface area contributed by atoms with Gasteiger partial charge in [0.15, 0.2) is 34.6 Å². The Balaban J connectivity index is 0.000000155. The third kappa shape index (κ3) is 8.87. The number of rotatable bonds is 4. The van der Waals surface area contributed by atoms with E-state index in [0.29, 0.717) is 37.9 Å². The van der Waals surface area contributed by atoms with Gasteiger partial charge in [0.25, 0.3) is 0 Å². The summed E-state index contributed by atoms with van der Waals surface area (Å²) in [6, 6.07) is 18.1. The van der Waals surface area contributed by atoms with Crippen LogP contribution in [0.1, 0.15) is 0 Å². The van der Waals surface area contributed by atoms with Gasteiger partial charge in [-0.3, -0.25) is 9.97 Å². The third-order valence-electron chi connectivity index (χ3n) is 7.06. The first-order valence-electron chi connectivity index (χ1n) is 15.1. The second-order valence-electron chi connectivity index (χ2n) is 10.6. The van der Waals surface area contributed by atoms with Gasteiger partial charge < -0.3 is 11.1 Å². The fourth-order valence-electron chi connectivity index (χ4n) is 4.55. The summed E-state index contributed by atoms with van der Waals surface area (Å²) in [6.45, 7) is 0. The van der Waals surface area contributed by atoms with Crippen LogP contribution in [0.2, 0.25) is 15.2 Å².